The van der Waals surface area contributed by atoms with E-state index in [4.69, 9.17) is 15.2 Å². The van der Waals surface area contributed by atoms with Gasteiger partial charge in [-0.1, -0.05) is 6.07 Å². The summed E-state index contributed by atoms with van der Waals surface area (Å²) in [6.07, 6.45) is 0. The molecule has 1 aromatic heterocycles. The van der Waals surface area contributed by atoms with E-state index in [0.717, 1.165) is 10.4 Å². The molecule has 106 valence electrons. The van der Waals surface area contributed by atoms with Gasteiger partial charge in [0.05, 0.1) is 14.2 Å². The minimum Gasteiger partial charge on any atom is -0.493 e. The second-order valence-corrected chi connectivity index (χ2v) is 5.40. The number of aryl methyl sites for hydroxylation is 1. The van der Waals surface area contributed by atoms with E-state index in [0.29, 0.717) is 22.1 Å². The maximum absolute atomic E-state index is 11.4. The van der Waals surface area contributed by atoms with Gasteiger partial charge in [0.2, 0.25) is 0 Å². The Balaban J connectivity index is 2.66. The molecule has 1 aromatic carbocycles. The van der Waals surface area contributed by atoms with Crippen molar-refractivity contribution < 1.29 is 19.4 Å². The van der Waals surface area contributed by atoms with Crippen molar-refractivity contribution in [1.29, 1.82) is 0 Å². The van der Waals surface area contributed by atoms with Gasteiger partial charge in [-0.2, -0.15) is 0 Å². The zero-order chi connectivity index (χ0) is 14.9. The molecule has 3 N–H and O–H groups in total. The Morgan fingerprint density at radius 1 is 1.25 bits per heavy atom. The van der Waals surface area contributed by atoms with Crippen molar-refractivity contribution in [2.45, 2.75) is 6.92 Å². The molecular weight excluding hydrogens is 278 g/mol. The number of methoxy groups -OCH3 is 2. The minimum absolute atomic E-state index is 0.139. The van der Waals surface area contributed by atoms with Gasteiger partial charge in [0.1, 0.15) is 10.6 Å². The van der Waals surface area contributed by atoms with E-state index >= 15 is 0 Å². The SMILES string of the molecule is COc1ccc(-c2c(C)sc(N)c2C(=O)O)cc1OC. The van der Waals surface area contributed by atoms with Gasteiger partial charge in [-0.05, 0) is 24.6 Å². The Labute approximate surface area is 120 Å². The van der Waals surface area contributed by atoms with Gasteiger partial charge >= 0.3 is 5.97 Å². The van der Waals surface area contributed by atoms with Crippen molar-refractivity contribution in [1.82, 2.24) is 0 Å². The van der Waals surface area contributed by atoms with Gasteiger partial charge in [0.25, 0.3) is 0 Å². The second kappa shape index (κ2) is 5.42. The topological polar surface area (TPSA) is 81.8 Å². The van der Waals surface area contributed by atoms with Crippen LogP contribution in [0.4, 0.5) is 5.00 Å². The summed E-state index contributed by atoms with van der Waals surface area (Å²) in [5.41, 5.74) is 7.29. The summed E-state index contributed by atoms with van der Waals surface area (Å²) in [5, 5.41) is 9.62. The standard InChI is InChI=1S/C14H15NO4S/c1-7-11(12(14(16)17)13(15)20-7)8-4-5-9(18-2)10(6-8)19-3/h4-6H,15H2,1-3H3,(H,16,17). The normalized spacial score (nSPS) is 10.3. The molecule has 0 amide bonds. The van der Waals surface area contributed by atoms with Crippen LogP contribution in [0.5, 0.6) is 11.5 Å². The highest BCUT2D eigenvalue weighted by Crippen LogP contribution is 2.41. The number of thiophene rings is 1. The van der Waals surface area contributed by atoms with E-state index in [-0.39, 0.29) is 5.56 Å². The summed E-state index contributed by atoms with van der Waals surface area (Å²) in [4.78, 5) is 12.2. The fourth-order valence-corrected chi connectivity index (χ4v) is 3.06. The van der Waals surface area contributed by atoms with Crippen LogP contribution < -0.4 is 15.2 Å². The molecule has 1 heterocycles. The van der Waals surface area contributed by atoms with Crippen LogP contribution in [-0.4, -0.2) is 25.3 Å². The van der Waals surface area contributed by atoms with Crippen LogP contribution in [0, 0.1) is 6.92 Å². The largest absolute Gasteiger partial charge is 0.493 e. The number of hydrogen-bond donors (Lipinski definition) is 2. The number of anilines is 1. The van der Waals surface area contributed by atoms with Gasteiger partial charge in [-0.3, -0.25) is 0 Å². The first kappa shape index (κ1) is 14.2. The number of benzene rings is 1. The summed E-state index contributed by atoms with van der Waals surface area (Å²) in [5.74, 6) is 0.108. The highest BCUT2D eigenvalue weighted by atomic mass is 32.1. The van der Waals surface area contributed by atoms with E-state index in [1.165, 1.54) is 18.4 Å². The number of nitrogens with two attached hydrogens (primary N) is 1. The molecular formula is C14H15NO4S. The van der Waals surface area contributed by atoms with Crippen molar-refractivity contribution >= 4 is 22.3 Å². The van der Waals surface area contributed by atoms with Gasteiger partial charge in [0.15, 0.2) is 11.5 Å². The Hall–Kier alpha value is -2.21. The number of carboxylic acids is 1. The van der Waals surface area contributed by atoms with Crippen LogP contribution in [-0.2, 0) is 0 Å². The van der Waals surface area contributed by atoms with E-state index in [1.807, 2.05) is 6.92 Å². The molecule has 20 heavy (non-hydrogen) atoms. The maximum atomic E-state index is 11.4. The third-order valence-electron chi connectivity index (χ3n) is 3.00. The Kier molecular flexibility index (Phi) is 3.85. The van der Waals surface area contributed by atoms with E-state index in [1.54, 1.807) is 25.3 Å². The highest BCUT2D eigenvalue weighted by Gasteiger charge is 2.22. The number of ether oxygens (including phenoxy) is 2. The average molecular weight is 293 g/mol. The number of carbonyl (C=O) groups is 1. The quantitative estimate of drug-likeness (QED) is 0.905. The van der Waals surface area contributed by atoms with E-state index in [2.05, 4.69) is 0 Å². The lowest BCUT2D eigenvalue weighted by atomic mass is 10.0. The number of aromatic carboxylic acids is 1. The van der Waals surface area contributed by atoms with Crippen molar-refractivity contribution in [3.8, 4) is 22.6 Å². The molecule has 0 saturated heterocycles. The van der Waals surface area contributed by atoms with Crippen molar-refractivity contribution in [2.75, 3.05) is 20.0 Å². The second-order valence-electron chi connectivity index (χ2n) is 4.15. The van der Waals surface area contributed by atoms with Gasteiger partial charge < -0.3 is 20.3 Å². The molecule has 0 atom stereocenters. The molecule has 0 radical (unpaired) electrons. The van der Waals surface area contributed by atoms with Crippen LogP contribution in [0.15, 0.2) is 18.2 Å². The van der Waals surface area contributed by atoms with E-state index in [9.17, 15) is 9.90 Å². The molecule has 0 unspecified atom stereocenters. The monoisotopic (exact) mass is 293 g/mol. The van der Waals surface area contributed by atoms with Crippen LogP contribution in [0.25, 0.3) is 11.1 Å². The molecule has 0 spiro atoms. The third-order valence-corrected chi connectivity index (χ3v) is 3.93. The summed E-state index contributed by atoms with van der Waals surface area (Å²) in [6.45, 7) is 1.85. The molecule has 6 heteroatoms. The molecule has 0 fully saturated rings. The maximum Gasteiger partial charge on any atom is 0.339 e. The van der Waals surface area contributed by atoms with Crippen LogP contribution in [0.3, 0.4) is 0 Å². The fourth-order valence-electron chi connectivity index (χ4n) is 2.12. The molecule has 0 aliphatic carbocycles. The third kappa shape index (κ3) is 2.30. The smallest absolute Gasteiger partial charge is 0.339 e. The first-order chi connectivity index (χ1) is 9.49. The number of nitrogen functional groups attached to an aromatic ring is 1. The number of rotatable bonds is 4. The Bertz CT molecular complexity index is 663. The lowest BCUT2D eigenvalue weighted by Crippen LogP contribution is -2.01. The minimum atomic E-state index is -1.03. The van der Waals surface area contributed by atoms with Crippen molar-refractivity contribution in [3.05, 3.63) is 28.6 Å². The Morgan fingerprint density at radius 2 is 1.90 bits per heavy atom. The van der Waals surface area contributed by atoms with Gasteiger partial charge in [0, 0.05) is 10.4 Å². The molecule has 0 aliphatic heterocycles. The average Bonchev–Trinajstić information content (AvgIpc) is 2.72. The summed E-state index contributed by atoms with van der Waals surface area (Å²) in [6, 6.07) is 5.29. The zero-order valence-corrected chi connectivity index (χ0v) is 12.2. The number of carboxylic acid groups (broad SMARTS) is 1. The zero-order valence-electron chi connectivity index (χ0n) is 11.4. The lowest BCUT2D eigenvalue weighted by molar-refractivity contribution is 0.0699. The van der Waals surface area contributed by atoms with Gasteiger partial charge in [-0.15, -0.1) is 11.3 Å². The molecule has 2 rings (SSSR count). The molecule has 5 nitrogen and oxygen atoms in total. The van der Waals surface area contributed by atoms with Crippen molar-refractivity contribution in [2.24, 2.45) is 0 Å². The van der Waals surface area contributed by atoms with Crippen molar-refractivity contribution in [3.63, 3.8) is 0 Å². The fraction of sp³-hybridized carbons (Fsp3) is 0.214. The summed E-state index contributed by atoms with van der Waals surface area (Å²) in [7, 11) is 3.09. The van der Waals surface area contributed by atoms with Crippen LogP contribution in [0.1, 0.15) is 15.2 Å². The lowest BCUT2D eigenvalue weighted by Gasteiger charge is -2.10. The molecule has 2 aromatic rings. The predicted octanol–water partition coefficient (Wildman–Crippen LogP) is 3.02. The van der Waals surface area contributed by atoms with E-state index < -0.39 is 5.97 Å². The predicted molar refractivity (Wildman–Crippen MR) is 79.0 cm³/mol. The Morgan fingerprint density at radius 3 is 2.45 bits per heavy atom. The summed E-state index contributed by atoms with van der Waals surface area (Å²) < 4.78 is 10.4. The molecule has 0 saturated carbocycles. The number of hydrogen-bond acceptors (Lipinski definition) is 5. The molecule has 0 bridgehead atoms. The first-order valence-electron chi connectivity index (χ1n) is 5.84. The van der Waals surface area contributed by atoms with Crippen LogP contribution >= 0.6 is 11.3 Å². The molecule has 0 aliphatic rings. The van der Waals surface area contributed by atoms with Crippen LogP contribution in [0.2, 0.25) is 0 Å². The first-order valence-corrected chi connectivity index (χ1v) is 6.65. The summed E-state index contributed by atoms with van der Waals surface area (Å²) >= 11 is 1.27. The van der Waals surface area contributed by atoms with Gasteiger partial charge in [-0.25, -0.2) is 4.79 Å². The highest BCUT2D eigenvalue weighted by molar-refractivity contribution is 7.16.